The van der Waals surface area contributed by atoms with Crippen LogP contribution in [0.15, 0.2) is 267 Å². The van der Waals surface area contributed by atoms with Crippen molar-refractivity contribution >= 4 is 154 Å². The number of rotatable bonds is 3. The molecule has 6 aromatic heterocycles. The second-order valence-electron chi connectivity index (χ2n) is 34.3. The number of pyridine rings is 2. The Morgan fingerprint density at radius 3 is 0.853 bits per heavy atom. The van der Waals surface area contributed by atoms with Crippen LogP contribution in [-0.4, -0.2) is 19.1 Å². The van der Waals surface area contributed by atoms with E-state index in [0.29, 0.717) is 6.04 Å². The van der Waals surface area contributed by atoms with Gasteiger partial charge in [0.15, 0.2) is 0 Å². The number of nitrogens with zero attached hydrogens (tertiary/aromatic N) is 4. The highest BCUT2D eigenvalue weighted by atomic mass is 32.1. The Morgan fingerprint density at radius 1 is 0.266 bits per heavy atom. The van der Waals surface area contributed by atoms with Crippen molar-refractivity contribution in [2.24, 2.45) is 7.05 Å². The van der Waals surface area contributed by atoms with Gasteiger partial charge in [0.1, 0.15) is 0 Å². The minimum absolute atomic E-state index is 0.00152. The molecule has 6 heteroatoms. The van der Waals surface area contributed by atoms with Gasteiger partial charge in [0.25, 0.3) is 0 Å². The van der Waals surface area contributed by atoms with Crippen LogP contribution in [0, 0.1) is 166 Å². The summed E-state index contributed by atoms with van der Waals surface area (Å²) in [7, 11) is 2.09. The lowest BCUT2D eigenvalue weighted by Crippen LogP contribution is -2.15. The summed E-state index contributed by atoms with van der Waals surface area (Å²) in [5.41, 5.74) is 24.7. The zero-order valence-corrected chi connectivity index (χ0v) is 85.9. The van der Waals surface area contributed by atoms with Gasteiger partial charge in [-0.15, -0.1) is 106 Å². The van der Waals surface area contributed by atoms with Crippen LogP contribution in [0.1, 0.15) is 228 Å². The van der Waals surface area contributed by atoms with E-state index in [-0.39, 0.29) is 5.41 Å². The molecule has 21 rings (SSSR count). The Kier molecular flexibility index (Phi) is 32.3. The van der Waals surface area contributed by atoms with E-state index in [1.807, 2.05) is 109 Å². The SMILES string of the molecule is CC#Cc1c2ccccc2c(C#CC)c2ccccc12.CC#Cc1cc2ccc3cc(C#CC)cc4ccc(c1)c2c34.CC#Cc1ccc(/C=C/c2ccc(C#CC)s2)s1.CC#Cc1ccc2c(c1)C(C)(C)c1cc(C#CC)ccc1-2.CC#Cc1ccc2c3ccc(C#CC)cc3n(C(C)C)c2c1.CC#Cc1ccc2c3ccc(C#CC)cc3n(C)c2c1.CC#Cc1cnc2c(ccc3cc(C#CC)cnc32)c1. The van der Waals surface area contributed by atoms with Crippen molar-refractivity contribution < 1.29 is 0 Å². The van der Waals surface area contributed by atoms with Crippen LogP contribution >= 0.6 is 22.7 Å². The van der Waals surface area contributed by atoms with Crippen molar-refractivity contribution in [2.45, 2.75) is 136 Å². The number of aryl methyl sites for hydroxylation is 1. The third kappa shape index (κ3) is 22.3. The van der Waals surface area contributed by atoms with Crippen molar-refractivity contribution in [1.29, 1.82) is 0 Å². The fourth-order valence-corrected chi connectivity index (χ4v) is 20.1. The summed E-state index contributed by atoms with van der Waals surface area (Å²) < 4.78 is 4.60. The molecule has 0 spiro atoms. The molecule has 6 heterocycles. The number of hydrogen-bond acceptors (Lipinski definition) is 4. The van der Waals surface area contributed by atoms with Crippen LogP contribution in [0.25, 0.3) is 143 Å². The van der Waals surface area contributed by atoms with Crippen LogP contribution < -0.4 is 0 Å². The molecule has 0 radical (unpaired) electrons. The molecule has 0 bridgehead atoms. The first kappa shape index (κ1) is 99.5. The van der Waals surface area contributed by atoms with E-state index >= 15 is 0 Å². The molecule has 0 fully saturated rings. The molecule has 0 saturated heterocycles. The first-order valence-corrected chi connectivity index (χ1v) is 49.0. The maximum atomic E-state index is 4.50. The van der Waals surface area contributed by atoms with Gasteiger partial charge in [0, 0.05) is 140 Å². The number of fused-ring (bicyclic) bond motifs is 14. The highest BCUT2D eigenvalue weighted by Crippen LogP contribution is 2.49. The quantitative estimate of drug-likeness (QED) is 0.100. The van der Waals surface area contributed by atoms with E-state index in [2.05, 4.69) is 474 Å². The smallest absolute Gasteiger partial charge is 0.0965 e. The molecule has 143 heavy (non-hydrogen) atoms. The third-order valence-electron chi connectivity index (χ3n) is 24.3. The molecule has 684 valence electrons. The fraction of sp³-hybridized carbons (Fsp3) is 0.153. The van der Waals surface area contributed by atoms with Crippen molar-refractivity contribution in [3.8, 4) is 177 Å². The van der Waals surface area contributed by atoms with Gasteiger partial charge in [-0.1, -0.05) is 218 Å². The molecule has 1 aliphatic carbocycles. The minimum atomic E-state index is 0.00152. The zero-order valence-electron chi connectivity index (χ0n) is 84.2. The van der Waals surface area contributed by atoms with Crippen molar-refractivity contribution in [3.63, 3.8) is 0 Å². The van der Waals surface area contributed by atoms with Crippen LogP contribution in [0.3, 0.4) is 0 Å². The van der Waals surface area contributed by atoms with E-state index in [1.54, 1.807) is 35.1 Å². The Bertz CT molecular complexity index is 8860. The van der Waals surface area contributed by atoms with Gasteiger partial charge in [-0.3, -0.25) is 9.97 Å². The molecule has 20 aromatic rings. The van der Waals surface area contributed by atoms with Crippen molar-refractivity contribution in [3.05, 3.63) is 365 Å². The maximum Gasteiger partial charge on any atom is 0.0965 e. The topological polar surface area (TPSA) is 35.6 Å². The molecule has 0 atom stereocenters. The van der Waals surface area contributed by atoms with Gasteiger partial charge in [0.2, 0.25) is 0 Å². The van der Waals surface area contributed by atoms with Crippen LogP contribution in [0.4, 0.5) is 0 Å². The van der Waals surface area contributed by atoms with E-state index < -0.39 is 0 Å². The molecule has 0 amide bonds. The maximum absolute atomic E-state index is 4.50. The average molecular weight is 1870 g/mol. The van der Waals surface area contributed by atoms with Gasteiger partial charge >= 0.3 is 0 Å². The predicted molar refractivity (Wildman–Crippen MR) is 616 cm³/mol. The molecule has 0 aliphatic heterocycles. The predicted octanol–water partition coefficient (Wildman–Crippen LogP) is 32.2. The second-order valence-corrected chi connectivity index (χ2v) is 36.5. The highest BCUT2D eigenvalue weighted by Gasteiger charge is 2.36. The molecular weight excluding hydrogens is 1770 g/mol. The molecule has 4 nitrogen and oxygen atoms in total. The Labute approximate surface area is 851 Å². The Hall–Kier alpha value is -18.0. The molecule has 1 aliphatic rings. The summed E-state index contributed by atoms with van der Waals surface area (Å²) in [6.45, 7) is 35.1. The normalized spacial score (nSPS) is 10.5. The Morgan fingerprint density at radius 2 is 0.538 bits per heavy atom. The summed E-state index contributed by atoms with van der Waals surface area (Å²) in [5.74, 6) is 85.4. The zero-order chi connectivity index (χ0) is 101. The molecular formula is C137H104N4S2. The molecule has 0 unspecified atom stereocenters. The summed E-state index contributed by atoms with van der Waals surface area (Å²) in [6, 6.07) is 89.9. The van der Waals surface area contributed by atoms with Crippen molar-refractivity contribution in [2.75, 3.05) is 0 Å². The monoisotopic (exact) mass is 1870 g/mol. The lowest BCUT2D eigenvalue weighted by molar-refractivity contribution is 0.642. The Balaban J connectivity index is 0.000000126. The van der Waals surface area contributed by atoms with E-state index in [0.717, 1.165) is 98.3 Å². The van der Waals surface area contributed by atoms with Crippen LogP contribution in [0.5, 0.6) is 0 Å². The van der Waals surface area contributed by atoms with Crippen molar-refractivity contribution in [1.82, 2.24) is 19.1 Å². The van der Waals surface area contributed by atoms with Gasteiger partial charge in [0.05, 0.1) is 42.9 Å². The second kappa shape index (κ2) is 46.5. The molecule has 0 saturated carbocycles. The largest absolute Gasteiger partial charge is 0.344 e. The van der Waals surface area contributed by atoms with Gasteiger partial charge < -0.3 is 9.13 Å². The van der Waals surface area contributed by atoms with Crippen LogP contribution in [-0.2, 0) is 12.5 Å². The first-order chi connectivity index (χ1) is 69.8. The lowest BCUT2D eigenvalue weighted by atomic mass is 9.81. The summed E-state index contributed by atoms with van der Waals surface area (Å²) in [4.78, 5) is 13.7. The van der Waals surface area contributed by atoms with E-state index in [1.165, 1.54) is 129 Å². The molecule has 0 N–H and O–H groups in total. The lowest BCUT2D eigenvalue weighted by Gasteiger charge is -2.21. The van der Waals surface area contributed by atoms with Crippen LogP contribution in [0.2, 0.25) is 0 Å². The average Bonchev–Trinajstić information content (AvgIpc) is 1.34. The van der Waals surface area contributed by atoms with Gasteiger partial charge in [-0.05, 0) is 333 Å². The van der Waals surface area contributed by atoms with Gasteiger partial charge in [-0.2, -0.15) is 0 Å². The number of hydrogen-bond donors (Lipinski definition) is 0. The summed E-state index contributed by atoms with van der Waals surface area (Å²) in [5, 5.41) is 19.6. The first-order valence-electron chi connectivity index (χ1n) is 47.4. The summed E-state index contributed by atoms with van der Waals surface area (Å²) in [6.07, 6.45) is 7.83. The number of aromatic nitrogens is 4. The number of benzene rings is 14. The third-order valence-corrected chi connectivity index (χ3v) is 26.3. The van der Waals surface area contributed by atoms with Gasteiger partial charge in [-0.25, -0.2) is 0 Å². The summed E-state index contributed by atoms with van der Waals surface area (Å²) >= 11 is 3.42. The standard InChI is InChI=1S/C22H14.C21H19N.C21H18.C20H14.C19H15N.C18H12N2.C16H12S2/c1-3-5-15-11-17-7-9-19-13-16(6-4-2)14-20-10-8-18(12-15)21(17)22(19)20;1-5-7-16-9-11-18-19-12-10-17(8-6-2)14-21(19)22(15(3)4)20(18)13-16;1-5-7-15-9-11-17-18-12-10-16(8-6-2)14-20(18)21(3,4)19(17)13-15;1-3-9-15-17-11-5-7-13-19(17)16(10-4-2)20-14-8-6-12-18(15)20;1-4-6-14-8-10-16-17-11-9-15(7-5-2)13-19(17)20(3)18(16)12-14;1-3-5-13-9-15-7-8-16-10-14(6-4-2)12-20-18(16)17(15)19-11-13;1-3-5-13-7-9-15(17-13)11-12-16-10-8-14(18-16)6-4-2/h7-14H,1-2H3;9-15H,1-4H3;9-14H,1-4H3;5-8,11-14H,1-2H3;8-13H,1-3H3;7-12H,1-2H3;7-12H,1-2H3/b;;;;;;12-11+. The van der Waals surface area contributed by atoms with E-state index in [9.17, 15) is 0 Å². The minimum Gasteiger partial charge on any atom is -0.344 e. The number of thiophene rings is 2. The molecule has 14 aromatic carbocycles. The van der Waals surface area contributed by atoms with E-state index in [4.69, 9.17) is 0 Å². The fourth-order valence-electron chi connectivity index (χ4n) is 18.4. The highest BCUT2D eigenvalue weighted by molar-refractivity contribution is 7.14.